The van der Waals surface area contributed by atoms with Gasteiger partial charge < -0.3 is 0 Å². The summed E-state index contributed by atoms with van der Waals surface area (Å²) in [4.78, 5) is 11.6. The van der Waals surface area contributed by atoms with Gasteiger partial charge in [-0.05, 0) is 36.9 Å². The fourth-order valence-corrected chi connectivity index (χ4v) is 1.27. The minimum atomic E-state index is 0.121. The molecule has 0 radical (unpaired) electrons. The highest BCUT2D eigenvalue weighted by Gasteiger charge is 2.06. The van der Waals surface area contributed by atoms with E-state index in [9.17, 15) is 4.79 Å². The van der Waals surface area contributed by atoms with Gasteiger partial charge in [0.25, 0.3) is 0 Å². The standard InChI is InChI=1S/C8H8OS/c1-2-3-4-7-5-6-8(9)10-7/h2-6H,1H3/b3-2+,7-4-. The summed E-state index contributed by atoms with van der Waals surface area (Å²) in [6.45, 7) is 1.95. The van der Waals surface area contributed by atoms with Gasteiger partial charge in [-0.25, -0.2) is 0 Å². The molecule has 0 aromatic heterocycles. The minimum absolute atomic E-state index is 0.121. The van der Waals surface area contributed by atoms with Gasteiger partial charge in [0.05, 0.1) is 0 Å². The van der Waals surface area contributed by atoms with Crippen molar-refractivity contribution in [2.45, 2.75) is 6.92 Å². The second-order valence-corrected chi connectivity index (χ2v) is 2.93. The largest absolute Gasteiger partial charge is 0.282 e. The zero-order valence-electron chi connectivity index (χ0n) is 5.70. The van der Waals surface area contributed by atoms with Crippen LogP contribution in [0.3, 0.4) is 0 Å². The summed E-state index contributed by atoms with van der Waals surface area (Å²) < 4.78 is 0. The summed E-state index contributed by atoms with van der Waals surface area (Å²) in [5, 5.41) is 0.121. The van der Waals surface area contributed by atoms with Gasteiger partial charge >= 0.3 is 0 Å². The van der Waals surface area contributed by atoms with E-state index >= 15 is 0 Å². The molecule has 1 rings (SSSR count). The van der Waals surface area contributed by atoms with E-state index in [1.807, 2.05) is 31.2 Å². The topological polar surface area (TPSA) is 17.1 Å². The number of carbonyl (C=O) groups excluding carboxylic acids is 1. The van der Waals surface area contributed by atoms with E-state index in [1.54, 1.807) is 6.08 Å². The second-order valence-electron chi connectivity index (χ2n) is 1.85. The van der Waals surface area contributed by atoms with Gasteiger partial charge in [-0.15, -0.1) is 0 Å². The van der Waals surface area contributed by atoms with E-state index in [-0.39, 0.29) is 5.12 Å². The van der Waals surface area contributed by atoms with Crippen LogP contribution in [-0.4, -0.2) is 5.12 Å². The summed E-state index contributed by atoms with van der Waals surface area (Å²) in [7, 11) is 0. The molecule has 1 heterocycles. The maximum atomic E-state index is 10.6. The first kappa shape index (κ1) is 7.35. The molecule has 1 nitrogen and oxygen atoms in total. The van der Waals surface area contributed by atoms with Gasteiger partial charge in [-0.1, -0.05) is 12.2 Å². The lowest BCUT2D eigenvalue weighted by atomic mass is 10.4. The molecular formula is C8H8OS. The van der Waals surface area contributed by atoms with Crippen molar-refractivity contribution in [2.24, 2.45) is 0 Å². The predicted octanol–water partition coefficient (Wildman–Crippen LogP) is 2.28. The molecule has 0 bridgehead atoms. The minimum Gasteiger partial charge on any atom is -0.282 e. The maximum absolute atomic E-state index is 10.6. The Morgan fingerprint density at radius 1 is 1.50 bits per heavy atom. The molecule has 1 aliphatic heterocycles. The second kappa shape index (κ2) is 3.42. The van der Waals surface area contributed by atoms with Crippen LogP contribution in [0.5, 0.6) is 0 Å². The molecule has 0 unspecified atom stereocenters. The highest BCUT2D eigenvalue weighted by Crippen LogP contribution is 2.24. The summed E-state index contributed by atoms with van der Waals surface area (Å²) in [5.74, 6) is 0. The Bertz CT molecular complexity index is 223. The first-order valence-electron chi connectivity index (χ1n) is 3.06. The summed E-state index contributed by atoms with van der Waals surface area (Å²) >= 11 is 1.27. The predicted molar refractivity (Wildman–Crippen MR) is 44.6 cm³/mol. The van der Waals surface area contributed by atoms with Crippen LogP contribution < -0.4 is 0 Å². The maximum Gasteiger partial charge on any atom is 0.216 e. The fraction of sp³-hybridized carbons (Fsp3) is 0.125. The summed E-state index contributed by atoms with van der Waals surface area (Å²) in [6, 6.07) is 0. The Morgan fingerprint density at radius 2 is 2.30 bits per heavy atom. The molecule has 2 heteroatoms. The van der Waals surface area contributed by atoms with Crippen molar-refractivity contribution < 1.29 is 4.79 Å². The molecule has 0 fully saturated rings. The molecule has 0 saturated carbocycles. The van der Waals surface area contributed by atoms with Crippen LogP contribution in [0.2, 0.25) is 0 Å². The molecule has 0 aliphatic carbocycles. The molecular weight excluding hydrogens is 144 g/mol. The lowest BCUT2D eigenvalue weighted by Crippen LogP contribution is -1.72. The van der Waals surface area contributed by atoms with E-state index in [0.717, 1.165) is 4.91 Å². The van der Waals surface area contributed by atoms with Gasteiger partial charge in [-0.2, -0.15) is 0 Å². The lowest BCUT2D eigenvalue weighted by Gasteiger charge is -1.84. The van der Waals surface area contributed by atoms with Crippen LogP contribution in [-0.2, 0) is 4.79 Å². The van der Waals surface area contributed by atoms with Crippen molar-refractivity contribution in [1.82, 2.24) is 0 Å². The normalized spacial score (nSPS) is 21.7. The Labute approximate surface area is 64.5 Å². The molecule has 0 N–H and O–H groups in total. The monoisotopic (exact) mass is 152 g/mol. The molecule has 1 aliphatic rings. The van der Waals surface area contributed by atoms with Gasteiger partial charge in [-0.3, -0.25) is 4.79 Å². The number of hydrogen-bond acceptors (Lipinski definition) is 2. The highest BCUT2D eigenvalue weighted by atomic mass is 32.2. The number of allylic oxidation sites excluding steroid dienone is 4. The first-order valence-corrected chi connectivity index (χ1v) is 3.87. The third-order valence-corrected chi connectivity index (χ3v) is 1.90. The van der Waals surface area contributed by atoms with Crippen molar-refractivity contribution in [1.29, 1.82) is 0 Å². The van der Waals surface area contributed by atoms with Gasteiger partial charge in [0, 0.05) is 4.91 Å². The Morgan fingerprint density at radius 3 is 2.80 bits per heavy atom. The molecule has 0 atom stereocenters. The molecule has 0 spiro atoms. The molecule has 10 heavy (non-hydrogen) atoms. The number of carbonyl (C=O) groups is 1. The van der Waals surface area contributed by atoms with Gasteiger partial charge in [0.2, 0.25) is 5.12 Å². The summed E-state index contributed by atoms with van der Waals surface area (Å²) in [5.41, 5.74) is 0. The first-order chi connectivity index (χ1) is 4.83. The average molecular weight is 152 g/mol. The zero-order valence-corrected chi connectivity index (χ0v) is 6.52. The van der Waals surface area contributed by atoms with Gasteiger partial charge in [0.15, 0.2) is 0 Å². The van der Waals surface area contributed by atoms with Crippen LogP contribution in [0.15, 0.2) is 35.3 Å². The fourth-order valence-electron chi connectivity index (χ4n) is 0.615. The van der Waals surface area contributed by atoms with Crippen LogP contribution >= 0.6 is 11.8 Å². The molecule has 52 valence electrons. The van der Waals surface area contributed by atoms with Crippen LogP contribution in [0.4, 0.5) is 0 Å². The zero-order chi connectivity index (χ0) is 7.40. The quantitative estimate of drug-likeness (QED) is 0.573. The molecule has 0 amide bonds. The van der Waals surface area contributed by atoms with Crippen LogP contribution in [0, 0.1) is 0 Å². The Kier molecular flexibility index (Phi) is 2.51. The number of thioether (sulfide) groups is 1. The van der Waals surface area contributed by atoms with E-state index in [2.05, 4.69) is 0 Å². The Hall–Kier alpha value is -0.760. The van der Waals surface area contributed by atoms with E-state index in [1.165, 1.54) is 11.8 Å². The van der Waals surface area contributed by atoms with Crippen LogP contribution in [0.25, 0.3) is 0 Å². The third-order valence-electron chi connectivity index (χ3n) is 1.06. The number of rotatable bonds is 1. The lowest BCUT2D eigenvalue weighted by molar-refractivity contribution is -0.106. The van der Waals surface area contributed by atoms with Crippen molar-refractivity contribution in [3.05, 3.63) is 35.3 Å². The van der Waals surface area contributed by atoms with Crippen molar-refractivity contribution in [3.63, 3.8) is 0 Å². The average Bonchev–Trinajstić information content (AvgIpc) is 2.31. The number of hydrogen-bond donors (Lipinski definition) is 0. The molecule has 0 saturated heterocycles. The van der Waals surface area contributed by atoms with E-state index < -0.39 is 0 Å². The smallest absolute Gasteiger partial charge is 0.216 e. The summed E-state index contributed by atoms with van der Waals surface area (Å²) in [6.07, 6.45) is 9.19. The van der Waals surface area contributed by atoms with E-state index in [4.69, 9.17) is 0 Å². The van der Waals surface area contributed by atoms with Crippen LogP contribution in [0.1, 0.15) is 6.92 Å². The highest BCUT2D eigenvalue weighted by molar-refractivity contribution is 8.17. The third kappa shape index (κ3) is 1.88. The van der Waals surface area contributed by atoms with Crippen molar-refractivity contribution in [2.75, 3.05) is 0 Å². The van der Waals surface area contributed by atoms with E-state index in [0.29, 0.717) is 0 Å². The SMILES string of the molecule is C/C=C/C=C1/C=CC(=O)S1. The Balaban J connectivity index is 2.61. The van der Waals surface area contributed by atoms with Gasteiger partial charge in [0.1, 0.15) is 0 Å². The molecule has 0 aromatic rings. The molecule has 0 aromatic carbocycles. The van der Waals surface area contributed by atoms with Crippen molar-refractivity contribution in [3.8, 4) is 0 Å². The van der Waals surface area contributed by atoms with Crippen molar-refractivity contribution >= 4 is 16.9 Å².